The maximum Gasteiger partial charge on any atom is 0.245 e. The second-order valence-corrected chi connectivity index (χ2v) is 4.32. The molecule has 0 aliphatic rings. The van der Waals surface area contributed by atoms with Gasteiger partial charge >= 0.3 is 0 Å². The van der Waals surface area contributed by atoms with Crippen LogP contribution in [0, 0.1) is 0 Å². The molecule has 4 heteroatoms. The summed E-state index contributed by atoms with van der Waals surface area (Å²) in [6.45, 7) is 0. The second-order valence-electron chi connectivity index (χ2n) is 3.88. The van der Waals surface area contributed by atoms with Crippen molar-refractivity contribution in [2.75, 3.05) is 5.32 Å². The lowest BCUT2D eigenvalue weighted by molar-refractivity contribution is -0.117. The molecule has 0 unspecified atom stereocenters. The highest BCUT2D eigenvalue weighted by Gasteiger charge is 2.15. The third kappa shape index (κ3) is 3.09. The van der Waals surface area contributed by atoms with Crippen molar-refractivity contribution in [1.29, 1.82) is 0 Å². The maximum atomic E-state index is 11.9. The highest BCUT2D eigenvalue weighted by molar-refractivity contribution is 6.30. The van der Waals surface area contributed by atoms with Crippen LogP contribution in [0.1, 0.15) is 11.6 Å². The molecule has 0 aromatic heterocycles. The van der Waals surface area contributed by atoms with Gasteiger partial charge in [0.15, 0.2) is 0 Å². The van der Waals surface area contributed by atoms with E-state index in [9.17, 15) is 4.79 Å². The molecule has 0 aliphatic carbocycles. The second kappa shape index (κ2) is 5.67. The van der Waals surface area contributed by atoms with Crippen LogP contribution < -0.4 is 11.1 Å². The summed E-state index contributed by atoms with van der Waals surface area (Å²) in [5.41, 5.74) is 7.34. The van der Waals surface area contributed by atoms with Gasteiger partial charge in [-0.15, -0.1) is 0 Å². The third-order valence-electron chi connectivity index (χ3n) is 2.55. The highest BCUT2D eigenvalue weighted by atomic mass is 35.5. The predicted octanol–water partition coefficient (Wildman–Crippen LogP) is 2.98. The fourth-order valence-corrected chi connectivity index (χ4v) is 1.69. The van der Waals surface area contributed by atoms with Gasteiger partial charge in [0.05, 0.1) is 0 Å². The van der Waals surface area contributed by atoms with Crippen LogP contribution in [0.3, 0.4) is 0 Å². The number of hydrogen-bond acceptors (Lipinski definition) is 2. The molecule has 1 amide bonds. The third-order valence-corrected chi connectivity index (χ3v) is 2.80. The van der Waals surface area contributed by atoms with Gasteiger partial charge in [-0.1, -0.05) is 41.9 Å². The van der Waals surface area contributed by atoms with E-state index in [4.69, 9.17) is 17.3 Å². The normalized spacial score (nSPS) is 11.9. The standard InChI is InChI=1S/C14H13ClN2O/c15-11-6-8-12(9-7-11)17-14(18)13(16)10-4-2-1-3-5-10/h1-9,13H,16H2,(H,17,18)/t13-/m1/s1. The van der Waals surface area contributed by atoms with Crippen LogP contribution in [0.15, 0.2) is 54.6 Å². The molecular weight excluding hydrogens is 248 g/mol. The van der Waals surface area contributed by atoms with Crippen molar-refractivity contribution in [2.45, 2.75) is 6.04 Å². The summed E-state index contributed by atoms with van der Waals surface area (Å²) in [4.78, 5) is 11.9. The summed E-state index contributed by atoms with van der Waals surface area (Å²) in [5.74, 6) is -0.247. The molecule has 3 nitrogen and oxygen atoms in total. The van der Waals surface area contributed by atoms with Gasteiger partial charge in [0.1, 0.15) is 6.04 Å². The van der Waals surface area contributed by atoms with Gasteiger partial charge in [0.2, 0.25) is 5.91 Å². The first-order valence-corrected chi connectivity index (χ1v) is 5.91. The number of hydrogen-bond donors (Lipinski definition) is 2. The minimum atomic E-state index is -0.679. The quantitative estimate of drug-likeness (QED) is 0.891. The Morgan fingerprint density at radius 3 is 2.28 bits per heavy atom. The van der Waals surface area contributed by atoms with E-state index in [1.165, 1.54) is 0 Å². The van der Waals surface area contributed by atoms with Crippen molar-refractivity contribution < 1.29 is 4.79 Å². The van der Waals surface area contributed by atoms with Gasteiger partial charge in [-0.25, -0.2) is 0 Å². The molecule has 0 heterocycles. The summed E-state index contributed by atoms with van der Waals surface area (Å²) in [6, 6.07) is 15.5. The highest BCUT2D eigenvalue weighted by Crippen LogP contribution is 2.16. The number of rotatable bonds is 3. The van der Waals surface area contributed by atoms with E-state index < -0.39 is 6.04 Å². The molecule has 2 aromatic rings. The SMILES string of the molecule is N[C@@H](C(=O)Nc1ccc(Cl)cc1)c1ccccc1. The van der Waals surface area contributed by atoms with Crippen molar-refractivity contribution in [3.05, 3.63) is 65.2 Å². The summed E-state index contributed by atoms with van der Waals surface area (Å²) in [7, 11) is 0. The first kappa shape index (κ1) is 12.6. The smallest absolute Gasteiger partial charge is 0.245 e. The Hall–Kier alpha value is -1.84. The average Bonchev–Trinajstić information content (AvgIpc) is 2.41. The molecular formula is C14H13ClN2O. The molecule has 0 aliphatic heterocycles. The van der Waals surface area contributed by atoms with Crippen molar-refractivity contribution in [3.8, 4) is 0 Å². The van der Waals surface area contributed by atoms with Crippen LogP contribution in [0.5, 0.6) is 0 Å². The number of benzene rings is 2. The zero-order chi connectivity index (χ0) is 13.0. The summed E-state index contributed by atoms with van der Waals surface area (Å²) in [6.07, 6.45) is 0. The van der Waals surface area contributed by atoms with E-state index >= 15 is 0 Å². The molecule has 2 rings (SSSR count). The Bertz CT molecular complexity index is 525. The van der Waals surface area contributed by atoms with Gasteiger partial charge < -0.3 is 11.1 Å². The number of halogens is 1. The molecule has 0 saturated heterocycles. The van der Waals surface area contributed by atoms with Crippen LogP contribution in [0.2, 0.25) is 5.02 Å². The molecule has 92 valence electrons. The topological polar surface area (TPSA) is 55.1 Å². The summed E-state index contributed by atoms with van der Waals surface area (Å²) in [5, 5.41) is 3.37. The Balaban J connectivity index is 2.06. The van der Waals surface area contributed by atoms with E-state index in [2.05, 4.69) is 5.32 Å². The van der Waals surface area contributed by atoms with Gasteiger partial charge in [-0.05, 0) is 29.8 Å². The van der Waals surface area contributed by atoms with Gasteiger partial charge in [0.25, 0.3) is 0 Å². The minimum Gasteiger partial charge on any atom is -0.324 e. The Kier molecular flexibility index (Phi) is 3.97. The van der Waals surface area contributed by atoms with E-state index in [-0.39, 0.29) is 5.91 Å². The van der Waals surface area contributed by atoms with Crippen molar-refractivity contribution in [1.82, 2.24) is 0 Å². The van der Waals surface area contributed by atoms with Crippen LogP contribution in [0.25, 0.3) is 0 Å². The van der Waals surface area contributed by atoms with E-state index in [1.807, 2.05) is 30.3 Å². The van der Waals surface area contributed by atoms with Crippen LogP contribution in [-0.4, -0.2) is 5.91 Å². The Morgan fingerprint density at radius 2 is 1.67 bits per heavy atom. The number of carbonyl (C=O) groups is 1. The lowest BCUT2D eigenvalue weighted by Crippen LogP contribution is -2.27. The molecule has 1 atom stereocenters. The largest absolute Gasteiger partial charge is 0.324 e. The molecule has 3 N–H and O–H groups in total. The number of nitrogens with one attached hydrogen (secondary N) is 1. The van der Waals surface area contributed by atoms with Gasteiger partial charge in [-0.3, -0.25) is 4.79 Å². The fraction of sp³-hybridized carbons (Fsp3) is 0.0714. The number of nitrogens with two attached hydrogens (primary N) is 1. The van der Waals surface area contributed by atoms with E-state index in [0.717, 1.165) is 5.56 Å². The lowest BCUT2D eigenvalue weighted by atomic mass is 10.1. The first-order chi connectivity index (χ1) is 8.66. The average molecular weight is 261 g/mol. The zero-order valence-corrected chi connectivity index (χ0v) is 10.4. The number of amides is 1. The zero-order valence-electron chi connectivity index (χ0n) is 9.64. The fourth-order valence-electron chi connectivity index (χ4n) is 1.56. The molecule has 18 heavy (non-hydrogen) atoms. The molecule has 0 radical (unpaired) electrons. The molecule has 0 saturated carbocycles. The Morgan fingerprint density at radius 1 is 1.06 bits per heavy atom. The van der Waals surface area contributed by atoms with Crippen LogP contribution in [-0.2, 0) is 4.79 Å². The molecule has 2 aromatic carbocycles. The maximum absolute atomic E-state index is 11.9. The van der Waals surface area contributed by atoms with Crippen LogP contribution >= 0.6 is 11.6 Å². The lowest BCUT2D eigenvalue weighted by Gasteiger charge is -2.12. The first-order valence-electron chi connectivity index (χ1n) is 5.54. The van der Waals surface area contributed by atoms with Crippen molar-refractivity contribution >= 4 is 23.2 Å². The van der Waals surface area contributed by atoms with Crippen molar-refractivity contribution in [2.24, 2.45) is 5.73 Å². The van der Waals surface area contributed by atoms with E-state index in [0.29, 0.717) is 10.7 Å². The van der Waals surface area contributed by atoms with E-state index in [1.54, 1.807) is 24.3 Å². The molecule has 0 bridgehead atoms. The minimum absolute atomic E-state index is 0.247. The number of anilines is 1. The summed E-state index contributed by atoms with van der Waals surface area (Å²) < 4.78 is 0. The number of carbonyl (C=O) groups excluding carboxylic acids is 1. The van der Waals surface area contributed by atoms with Gasteiger partial charge in [0, 0.05) is 10.7 Å². The summed E-state index contributed by atoms with van der Waals surface area (Å²) >= 11 is 5.77. The molecule has 0 fully saturated rings. The van der Waals surface area contributed by atoms with Crippen molar-refractivity contribution in [3.63, 3.8) is 0 Å². The van der Waals surface area contributed by atoms with Gasteiger partial charge in [-0.2, -0.15) is 0 Å². The van der Waals surface area contributed by atoms with Crippen LogP contribution in [0.4, 0.5) is 5.69 Å². The monoisotopic (exact) mass is 260 g/mol. The predicted molar refractivity (Wildman–Crippen MR) is 73.5 cm³/mol. The molecule has 0 spiro atoms. The Labute approximate surface area is 111 Å².